The Balaban J connectivity index is 1.95. The van der Waals surface area contributed by atoms with E-state index in [9.17, 15) is 5.11 Å². The van der Waals surface area contributed by atoms with Gasteiger partial charge in [0.25, 0.3) is 0 Å². The molecule has 0 bridgehead atoms. The van der Waals surface area contributed by atoms with Gasteiger partial charge in [0.15, 0.2) is 0 Å². The predicted octanol–water partition coefficient (Wildman–Crippen LogP) is 2.03. The lowest BCUT2D eigenvalue weighted by Gasteiger charge is -2.35. The van der Waals surface area contributed by atoms with Gasteiger partial charge in [0.2, 0.25) is 0 Å². The average Bonchev–Trinajstić information content (AvgIpc) is 2.24. The van der Waals surface area contributed by atoms with Crippen LogP contribution in [-0.2, 0) is 6.54 Å². The van der Waals surface area contributed by atoms with Gasteiger partial charge < -0.3 is 5.11 Å². The molecule has 1 aliphatic rings. The van der Waals surface area contributed by atoms with Crippen LogP contribution in [0, 0.1) is 0 Å². The van der Waals surface area contributed by atoms with E-state index in [-0.39, 0.29) is 6.10 Å². The van der Waals surface area contributed by atoms with E-state index in [1.807, 2.05) is 6.07 Å². The first-order valence-electron chi connectivity index (χ1n) is 5.72. The Kier molecular flexibility index (Phi) is 3.39. The van der Waals surface area contributed by atoms with Gasteiger partial charge in [0.1, 0.15) is 0 Å². The van der Waals surface area contributed by atoms with Gasteiger partial charge in [-0.15, -0.1) is 0 Å². The van der Waals surface area contributed by atoms with E-state index in [0.717, 1.165) is 25.9 Å². The monoisotopic (exact) mass is 205 g/mol. The number of hydrogen-bond acceptors (Lipinski definition) is 2. The number of piperidine rings is 1. The van der Waals surface area contributed by atoms with Crippen molar-refractivity contribution in [1.82, 2.24) is 4.90 Å². The zero-order valence-corrected chi connectivity index (χ0v) is 9.26. The lowest BCUT2D eigenvalue weighted by atomic mass is 10.00. The molecular weight excluding hydrogens is 186 g/mol. The van der Waals surface area contributed by atoms with E-state index in [1.54, 1.807) is 0 Å². The van der Waals surface area contributed by atoms with Gasteiger partial charge in [0.05, 0.1) is 6.10 Å². The molecule has 82 valence electrons. The highest BCUT2D eigenvalue weighted by Crippen LogP contribution is 2.19. The van der Waals surface area contributed by atoms with Crippen molar-refractivity contribution in [1.29, 1.82) is 0 Å². The maximum absolute atomic E-state index is 9.54. The predicted molar refractivity (Wildman–Crippen MR) is 61.6 cm³/mol. The number of likely N-dealkylation sites (tertiary alicyclic amines) is 1. The summed E-state index contributed by atoms with van der Waals surface area (Å²) in [6.07, 6.45) is 1.73. The summed E-state index contributed by atoms with van der Waals surface area (Å²) in [6, 6.07) is 11.0. The third kappa shape index (κ3) is 2.80. The molecule has 1 saturated heterocycles. The summed E-state index contributed by atoms with van der Waals surface area (Å²) in [5.41, 5.74) is 1.36. The summed E-state index contributed by atoms with van der Waals surface area (Å²) in [5, 5.41) is 9.54. The molecule has 1 aromatic carbocycles. The number of aliphatic hydroxyl groups is 1. The van der Waals surface area contributed by atoms with E-state index < -0.39 is 0 Å². The summed E-state index contributed by atoms with van der Waals surface area (Å²) in [7, 11) is 0. The molecule has 15 heavy (non-hydrogen) atoms. The summed E-state index contributed by atoms with van der Waals surface area (Å²) in [4.78, 5) is 2.45. The Labute approximate surface area is 91.5 Å². The molecular formula is C13H19NO. The highest BCUT2D eigenvalue weighted by molar-refractivity contribution is 5.14. The van der Waals surface area contributed by atoms with Crippen molar-refractivity contribution in [3.63, 3.8) is 0 Å². The Morgan fingerprint density at radius 1 is 1.33 bits per heavy atom. The lowest BCUT2D eigenvalue weighted by Crippen LogP contribution is -2.41. The smallest absolute Gasteiger partial charge is 0.0567 e. The second-order valence-corrected chi connectivity index (χ2v) is 4.48. The number of rotatable bonds is 2. The molecule has 0 saturated carbocycles. The molecule has 2 nitrogen and oxygen atoms in total. The molecule has 1 heterocycles. The van der Waals surface area contributed by atoms with E-state index in [1.165, 1.54) is 5.56 Å². The van der Waals surface area contributed by atoms with E-state index in [4.69, 9.17) is 0 Å². The van der Waals surface area contributed by atoms with Crippen molar-refractivity contribution in [2.24, 2.45) is 0 Å². The fraction of sp³-hybridized carbons (Fsp3) is 0.538. The van der Waals surface area contributed by atoms with Crippen molar-refractivity contribution in [3.8, 4) is 0 Å². The largest absolute Gasteiger partial charge is 0.393 e. The summed E-state index contributed by atoms with van der Waals surface area (Å²) in [6.45, 7) is 4.22. The minimum atomic E-state index is -0.0907. The van der Waals surface area contributed by atoms with Crippen LogP contribution in [0.25, 0.3) is 0 Å². The number of hydrogen-bond donors (Lipinski definition) is 1. The van der Waals surface area contributed by atoms with Gasteiger partial charge in [-0.05, 0) is 25.3 Å². The van der Waals surface area contributed by atoms with Crippen molar-refractivity contribution >= 4 is 0 Å². The molecule has 2 heteroatoms. The summed E-state index contributed by atoms with van der Waals surface area (Å²) >= 11 is 0. The van der Waals surface area contributed by atoms with Crippen molar-refractivity contribution in [2.75, 3.05) is 6.54 Å². The Hall–Kier alpha value is -0.860. The van der Waals surface area contributed by atoms with Gasteiger partial charge in [-0.2, -0.15) is 0 Å². The highest BCUT2D eigenvalue weighted by atomic mass is 16.3. The quantitative estimate of drug-likeness (QED) is 0.798. The molecule has 1 fully saturated rings. The number of benzene rings is 1. The molecule has 0 radical (unpaired) electrons. The van der Waals surface area contributed by atoms with Crippen LogP contribution in [0.5, 0.6) is 0 Å². The molecule has 1 aromatic rings. The number of aliphatic hydroxyl groups excluding tert-OH is 1. The van der Waals surface area contributed by atoms with Gasteiger partial charge in [-0.25, -0.2) is 0 Å². The molecule has 2 atom stereocenters. The maximum atomic E-state index is 9.54. The van der Waals surface area contributed by atoms with Crippen LogP contribution in [0.2, 0.25) is 0 Å². The van der Waals surface area contributed by atoms with Crippen molar-refractivity contribution in [3.05, 3.63) is 35.9 Å². The first kappa shape index (κ1) is 10.7. The Morgan fingerprint density at radius 3 is 2.73 bits per heavy atom. The highest BCUT2D eigenvalue weighted by Gasteiger charge is 2.23. The normalized spacial score (nSPS) is 27.9. The van der Waals surface area contributed by atoms with Crippen LogP contribution in [0.4, 0.5) is 0 Å². The summed E-state index contributed by atoms with van der Waals surface area (Å²) in [5.74, 6) is 0. The van der Waals surface area contributed by atoms with Crippen LogP contribution in [0.15, 0.2) is 30.3 Å². The molecule has 1 aliphatic heterocycles. The van der Waals surface area contributed by atoms with Crippen molar-refractivity contribution in [2.45, 2.75) is 38.5 Å². The third-order valence-corrected chi connectivity index (χ3v) is 3.21. The van der Waals surface area contributed by atoms with Gasteiger partial charge in [-0.1, -0.05) is 30.3 Å². The number of nitrogens with zero attached hydrogens (tertiary/aromatic N) is 1. The second-order valence-electron chi connectivity index (χ2n) is 4.48. The molecule has 1 N–H and O–H groups in total. The van der Waals surface area contributed by atoms with Crippen LogP contribution < -0.4 is 0 Å². The van der Waals surface area contributed by atoms with Gasteiger partial charge >= 0.3 is 0 Å². The first-order chi connectivity index (χ1) is 7.25. The fourth-order valence-corrected chi connectivity index (χ4v) is 2.25. The molecule has 0 amide bonds. The maximum Gasteiger partial charge on any atom is 0.0567 e. The zero-order valence-electron chi connectivity index (χ0n) is 9.26. The van der Waals surface area contributed by atoms with E-state index in [0.29, 0.717) is 6.04 Å². The molecule has 1 unspecified atom stereocenters. The first-order valence-corrected chi connectivity index (χ1v) is 5.72. The lowest BCUT2D eigenvalue weighted by molar-refractivity contribution is 0.0442. The van der Waals surface area contributed by atoms with E-state index >= 15 is 0 Å². The van der Waals surface area contributed by atoms with Crippen LogP contribution in [-0.4, -0.2) is 28.7 Å². The van der Waals surface area contributed by atoms with Gasteiger partial charge in [0, 0.05) is 19.1 Å². The minimum Gasteiger partial charge on any atom is -0.393 e. The van der Waals surface area contributed by atoms with Crippen LogP contribution in [0.3, 0.4) is 0 Å². The summed E-state index contributed by atoms with van der Waals surface area (Å²) < 4.78 is 0. The van der Waals surface area contributed by atoms with Gasteiger partial charge in [-0.3, -0.25) is 4.90 Å². The molecule has 0 aromatic heterocycles. The fourth-order valence-electron chi connectivity index (χ4n) is 2.25. The molecule has 0 aliphatic carbocycles. The molecule has 0 spiro atoms. The van der Waals surface area contributed by atoms with E-state index in [2.05, 4.69) is 36.1 Å². The second kappa shape index (κ2) is 4.77. The minimum absolute atomic E-state index is 0.0907. The zero-order chi connectivity index (χ0) is 10.7. The topological polar surface area (TPSA) is 23.5 Å². The van der Waals surface area contributed by atoms with Crippen molar-refractivity contribution < 1.29 is 5.11 Å². The Morgan fingerprint density at radius 2 is 2.07 bits per heavy atom. The average molecular weight is 205 g/mol. The van der Waals surface area contributed by atoms with Crippen LogP contribution >= 0.6 is 0 Å². The third-order valence-electron chi connectivity index (χ3n) is 3.21. The SMILES string of the molecule is C[C@@H]1CC(O)CCN1Cc1ccccc1. The standard InChI is InChI=1S/C13H19NO/c1-11-9-13(15)7-8-14(11)10-12-5-3-2-4-6-12/h2-6,11,13,15H,7-10H2,1H3/t11-,13?/m1/s1. The molecule has 2 rings (SSSR count). The Bertz CT molecular complexity index is 299. The van der Waals surface area contributed by atoms with Crippen LogP contribution in [0.1, 0.15) is 25.3 Å².